The number of rotatable bonds is 3. The van der Waals surface area contributed by atoms with Gasteiger partial charge < -0.3 is 10.2 Å². The van der Waals surface area contributed by atoms with Crippen molar-refractivity contribution < 1.29 is 4.42 Å². The van der Waals surface area contributed by atoms with Crippen molar-refractivity contribution in [3.8, 4) is 11.1 Å². The quantitative estimate of drug-likeness (QED) is 0.318. The fourth-order valence-electron chi connectivity index (χ4n) is 4.10. The third-order valence-corrected chi connectivity index (χ3v) is 5.68. The predicted molar refractivity (Wildman–Crippen MR) is 128 cm³/mol. The van der Waals surface area contributed by atoms with Gasteiger partial charge in [-0.05, 0) is 36.1 Å². The van der Waals surface area contributed by atoms with E-state index in [-0.39, 0.29) is 5.84 Å². The number of amidine groups is 2. The van der Waals surface area contributed by atoms with Crippen LogP contribution in [0.4, 0.5) is 0 Å². The Balaban J connectivity index is 1.45. The van der Waals surface area contributed by atoms with Gasteiger partial charge in [-0.25, -0.2) is 4.99 Å². The average Bonchev–Trinajstić information content (AvgIpc) is 3.17. The first-order chi connectivity index (χ1) is 15.1. The van der Waals surface area contributed by atoms with Gasteiger partial charge >= 0.3 is 0 Å². The Kier molecular flexibility index (Phi) is 4.75. The fourth-order valence-corrected chi connectivity index (χ4v) is 4.10. The summed E-state index contributed by atoms with van der Waals surface area (Å²) in [5.74, 6) is 1.44. The number of furan rings is 1. The molecule has 1 heterocycles. The Morgan fingerprint density at radius 2 is 1.71 bits per heavy atom. The first-order valence-electron chi connectivity index (χ1n) is 10.4. The molecule has 5 rings (SSSR count). The number of aryl methyl sites for hydroxylation is 2. The van der Waals surface area contributed by atoms with Crippen LogP contribution in [0.15, 0.2) is 88.3 Å². The van der Waals surface area contributed by atoms with Crippen molar-refractivity contribution in [1.82, 2.24) is 0 Å². The average molecular weight is 406 g/mol. The van der Waals surface area contributed by atoms with E-state index in [9.17, 15) is 0 Å². The van der Waals surface area contributed by atoms with Crippen molar-refractivity contribution >= 4 is 28.2 Å². The fraction of sp³-hybridized carbons (Fsp3) is 0.111. The van der Waals surface area contributed by atoms with Crippen LogP contribution in [0, 0.1) is 12.3 Å². The zero-order valence-corrected chi connectivity index (χ0v) is 17.4. The van der Waals surface area contributed by atoms with Gasteiger partial charge in [0.15, 0.2) is 5.84 Å². The Morgan fingerprint density at radius 1 is 0.968 bits per heavy atom. The predicted octanol–water partition coefficient (Wildman–Crippen LogP) is 6.12. The molecule has 0 spiro atoms. The summed E-state index contributed by atoms with van der Waals surface area (Å²) in [6.45, 7) is 2.05. The number of nitrogens with one attached hydrogen (secondary N) is 1. The molecule has 4 aromatic rings. The number of nitrogens with zero attached hydrogens (tertiary/aromatic N) is 1. The van der Waals surface area contributed by atoms with Gasteiger partial charge in [0.05, 0.1) is 0 Å². The number of aliphatic imine (C=N–C) groups is 1. The highest BCUT2D eigenvalue weighted by molar-refractivity contribution is 6.28. The maximum absolute atomic E-state index is 8.47. The highest BCUT2D eigenvalue weighted by Gasteiger charge is 2.23. The third-order valence-electron chi connectivity index (χ3n) is 5.68. The minimum absolute atomic E-state index is 0.147. The molecule has 31 heavy (non-hydrogen) atoms. The monoisotopic (exact) mass is 405 g/mol. The maximum Gasteiger partial charge on any atom is 0.154 e. The van der Waals surface area contributed by atoms with Gasteiger partial charge in [0, 0.05) is 28.5 Å². The maximum atomic E-state index is 8.47. The molecule has 0 saturated carbocycles. The molecule has 0 bridgehead atoms. The van der Waals surface area contributed by atoms with E-state index in [0.717, 1.165) is 63.0 Å². The molecule has 1 aliphatic rings. The van der Waals surface area contributed by atoms with Crippen LogP contribution in [0.25, 0.3) is 27.7 Å². The molecule has 3 N–H and O–H groups in total. The molecule has 0 amide bonds. The van der Waals surface area contributed by atoms with E-state index in [1.807, 2.05) is 42.5 Å². The van der Waals surface area contributed by atoms with Gasteiger partial charge in [-0.15, -0.1) is 0 Å². The van der Waals surface area contributed by atoms with Crippen molar-refractivity contribution in [3.05, 3.63) is 101 Å². The smallest absolute Gasteiger partial charge is 0.154 e. The van der Waals surface area contributed by atoms with Crippen LogP contribution >= 0.6 is 0 Å². The topological polar surface area (TPSA) is 75.4 Å². The van der Waals surface area contributed by atoms with Crippen molar-refractivity contribution in [2.45, 2.75) is 19.8 Å². The molecule has 0 radical (unpaired) electrons. The summed E-state index contributed by atoms with van der Waals surface area (Å²) < 4.78 is 6.09. The summed E-state index contributed by atoms with van der Waals surface area (Å²) in [5, 5.41) is 9.52. The first kappa shape index (κ1) is 19.1. The van der Waals surface area contributed by atoms with Crippen LogP contribution in [-0.2, 0) is 6.42 Å². The molecule has 4 heteroatoms. The summed E-state index contributed by atoms with van der Waals surface area (Å²) in [5.41, 5.74) is 13.3. The molecule has 152 valence electrons. The Morgan fingerprint density at radius 3 is 2.48 bits per heavy atom. The van der Waals surface area contributed by atoms with Crippen molar-refractivity contribution in [3.63, 3.8) is 0 Å². The molecule has 4 nitrogen and oxygen atoms in total. The van der Waals surface area contributed by atoms with Gasteiger partial charge in [0.25, 0.3) is 0 Å². The summed E-state index contributed by atoms with van der Waals surface area (Å²) >= 11 is 0. The molecular weight excluding hydrogens is 382 g/mol. The second kappa shape index (κ2) is 7.73. The Labute approximate surface area is 181 Å². The Hall–Kier alpha value is -3.92. The van der Waals surface area contributed by atoms with Crippen molar-refractivity contribution in [2.24, 2.45) is 10.7 Å². The minimum Gasteiger partial charge on any atom is -0.460 e. The molecule has 3 aromatic carbocycles. The van der Waals surface area contributed by atoms with Crippen LogP contribution in [0.2, 0.25) is 0 Å². The largest absolute Gasteiger partial charge is 0.460 e. The number of nitrogens with two attached hydrogens (primary N) is 1. The first-order valence-corrected chi connectivity index (χ1v) is 10.4. The highest BCUT2D eigenvalue weighted by atomic mass is 16.3. The second-order valence-corrected chi connectivity index (χ2v) is 7.85. The molecular formula is C27H23N3O. The Bertz CT molecular complexity index is 1340. The number of hydrogen-bond acceptors (Lipinski definition) is 2. The normalized spacial score (nSPS) is 13.7. The molecule has 0 aliphatic heterocycles. The van der Waals surface area contributed by atoms with Crippen LogP contribution in [0.5, 0.6) is 0 Å². The number of hydrogen-bond donors (Lipinski definition) is 2. The number of allylic oxidation sites excluding steroid dienone is 1. The lowest BCUT2D eigenvalue weighted by Crippen LogP contribution is -2.18. The van der Waals surface area contributed by atoms with Crippen LogP contribution in [0.1, 0.15) is 28.9 Å². The van der Waals surface area contributed by atoms with Gasteiger partial charge in [0.2, 0.25) is 0 Å². The third kappa shape index (κ3) is 3.57. The standard InChI is InChI=1S/C27H23N3O/c1-17-10-15-21-24(16-17)31-23-9-5-8-22(25(21)23)27(29)30-26(28)20-13-11-19(12-14-20)18-6-3-2-4-7-18/h2-4,6-8,10-16H,5,9H2,1H3,(H3,28,29,30). The highest BCUT2D eigenvalue weighted by Crippen LogP contribution is 2.36. The van der Waals surface area contributed by atoms with Crippen molar-refractivity contribution in [1.29, 1.82) is 5.41 Å². The zero-order valence-electron chi connectivity index (χ0n) is 17.4. The summed E-state index contributed by atoms with van der Waals surface area (Å²) in [6, 6.07) is 24.2. The van der Waals surface area contributed by atoms with Crippen molar-refractivity contribution in [2.75, 3.05) is 0 Å². The lowest BCUT2D eigenvalue weighted by atomic mass is 9.93. The van der Waals surface area contributed by atoms with E-state index in [1.54, 1.807) is 0 Å². The lowest BCUT2D eigenvalue weighted by molar-refractivity contribution is 0.545. The molecule has 1 aromatic heterocycles. The second-order valence-electron chi connectivity index (χ2n) is 7.85. The van der Waals surface area contributed by atoms with Gasteiger partial charge in [-0.2, -0.15) is 0 Å². The van der Waals surface area contributed by atoms with Crippen LogP contribution in [0.3, 0.4) is 0 Å². The zero-order chi connectivity index (χ0) is 21.4. The summed E-state index contributed by atoms with van der Waals surface area (Å²) in [7, 11) is 0. The molecule has 0 atom stereocenters. The van der Waals surface area contributed by atoms with E-state index in [0.29, 0.717) is 5.84 Å². The molecule has 0 unspecified atom stereocenters. The van der Waals surface area contributed by atoms with Gasteiger partial charge in [-0.1, -0.05) is 72.8 Å². The van der Waals surface area contributed by atoms with E-state index in [2.05, 4.69) is 48.3 Å². The molecule has 0 fully saturated rings. The summed E-state index contributed by atoms with van der Waals surface area (Å²) in [6.07, 6.45) is 3.79. The van der Waals surface area contributed by atoms with E-state index >= 15 is 0 Å². The SMILES string of the molecule is Cc1ccc2c3c(oc2c1)CCC=C3/C(N)=N/C(=N)c1ccc(-c2ccccc2)cc1. The van der Waals surface area contributed by atoms with Crippen LogP contribution in [-0.4, -0.2) is 11.7 Å². The number of fused-ring (bicyclic) bond motifs is 3. The summed E-state index contributed by atoms with van der Waals surface area (Å²) in [4.78, 5) is 4.44. The van der Waals surface area contributed by atoms with E-state index < -0.39 is 0 Å². The molecule has 1 aliphatic carbocycles. The van der Waals surface area contributed by atoms with Gasteiger partial charge in [-0.3, -0.25) is 5.41 Å². The van der Waals surface area contributed by atoms with E-state index in [1.165, 1.54) is 0 Å². The van der Waals surface area contributed by atoms with Gasteiger partial charge in [0.1, 0.15) is 17.2 Å². The van der Waals surface area contributed by atoms with Crippen LogP contribution < -0.4 is 5.73 Å². The molecule has 0 saturated heterocycles. The lowest BCUT2D eigenvalue weighted by Gasteiger charge is -2.13. The minimum atomic E-state index is 0.147. The number of benzene rings is 3. The van der Waals surface area contributed by atoms with E-state index in [4.69, 9.17) is 15.6 Å².